The smallest absolute Gasteiger partial charge is 0.239 e. The molecule has 0 fully saturated rings. The average molecular weight is 348 g/mol. The molecule has 130 valence electrons. The zero-order valence-electron chi connectivity index (χ0n) is 14.4. The van der Waals surface area contributed by atoms with Crippen molar-refractivity contribution < 1.29 is 4.39 Å². The summed E-state index contributed by atoms with van der Waals surface area (Å²) in [5.74, 6) is 1.04. The SMILES string of the molecule is CN(C)c1ccc(-n2cc(/N=C/c3ccc(F)cc3)n3ncnc23)cc1. The van der Waals surface area contributed by atoms with Gasteiger partial charge in [-0.2, -0.15) is 14.6 Å². The third kappa shape index (κ3) is 2.95. The summed E-state index contributed by atoms with van der Waals surface area (Å²) in [7, 11) is 4.01. The number of hydrogen-bond acceptors (Lipinski definition) is 4. The number of hydrogen-bond donors (Lipinski definition) is 0. The lowest BCUT2D eigenvalue weighted by atomic mass is 10.2. The molecule has 4 rings (SSSR count). The van der Waals surface area contributed by atoms with E-state index in [1.54, 1.807) is 22.9 Å². The number of nitrogens with zero attached hydrogens (tertiary/aromatic N) is 6. The molecular weight excluding hydrogens is 331 g/mol. The van der Waals surface area contributed by atoms with Gasteiger partial charge in [0.05, 0.1) is 6.20 Å². The van der Waals surface area contributed by atoms with Gasteiger partial charge in [-0.15, -0.1) is 0 Å². The zero-order chi connectivity index (χ0) is 18.1. The Morgan fingerprint density at radius 1 is 1.04 bits per heavy atom. The molecule has 26 heavy (non-hydrogen) atoms. The first-order valence-corrected chi connectivity index (χ1v) is 8.10. The standard InChI is InChI=1S/C19H17FN6/c1-24(2)16-7-9-17(10-8-16)25-12-18(26-19(25)22-13-23-26)21-11-14-3-5-15(20)6-4-14/h3-13H,1-2H3/b21-11+. The molecule has 0 N–H and O–H groups in total. The topological polar surface area (TPSA) is 50.7 Å². The van der Waals surface area contributed by atoms with Crippen LogP contribution in [0.2, 0.25) is 0 Å². The number of halogens is 1. The number of rotatable bonds is 4. The monoisotopic (exact) mass is 348 g/mol. The van der Waals surface area contributed by atoms with Crippen molar-refractivity contribution in [2.45, 2.75) is 0 Å². The number of imidazole rings is 1. The van der Waals surface area contributed by atoms with Crippen molar-refractivity contribution in [1.29, 1.82) is 0 Å². The second-order valence-electron chi connectivity index (χ2n) is 6.05. The van der Waals surface area contributed by atoms with Crippen LogP contribution in [0.4, 0.5) is 15.9 Å². The maximum Gasteiger partial charge on any atom is 0.239 e. The van der Waals surface area contributed by atoms with Crippen molar-refractivity contribution in [3.63, 3.8) is 0 Å². The lowest BCUT2D eigenvalue weighted by Gasteiger charge is -2.12. The quantitative estimate of drug-likeness (QED) is 0.531. The molecule has 0 radical (unpaired) electrons. The Bertz CT molecular complexity index is 1060. The van der Waals surface area contributed by atoms with Gasteiger partial charge in [0.25, 0.3) is 0 Å². The molecule has 6 nitrogen and oxygen atoms in total. The van der Waals surface area contributed by atoms with Crippen LogP contribution in [0.25, 0.3) is 11.5 Å². The van der Waals surface area contributed by atoms with E-state index in [9.17, 15) is 4.39 Å². The summed E-state index contributed by atoms with van der Waals surface area (Å²) in [4.78, 5) is 10.8. The van der Waals surface area contributed by atoms with Crippen LogP contribution < -0.4 is 4.90 Å². The van der Waals surface area contributed by atoms with E-state index in [1.807, 2.05) is 54.0 Å². The van der Waals surface area contributed by atoms with Crippen LogP contribution in [0.15, 0.2) is 66.0 Å². The molecule has 0 amide bonds. The van der Waals surface area contributed by atoms with E-state index in [-0.39, 0.29) is 5.82 Å². The van der Waals surface area contributed by atoms with Crippen molar-refractivity contribution in [3.8, 4) is 5.69 Å². The molecule has 0 unspecified atom stereocenters. The van der Waals surface area contributed by atoms with E-state index >= 15 is 0 Å². The number of benzene rings is 2. The Morgan fingerprint density at radius 2 is 1.77 bits per heavy atom. The Balaban J connectivity index is 1.71. The van der Waals surface area contributed by atoms with Gasteiger partial charge in [0.1, 0.15) is 12.1 Å². The van der Waals surface area contributed by atoms with E-state index in [1.165, 1.54) is 18.5 Å². The van der Waals surface area contributed by atoms with Crippen molar-refractivity contribution in [2.24, 2.45) is 4.99 Å². The van der Waals surface area contributed by atoms with Gasteiger partial charge in [-0.3, -0.25) is 4.57 Å². The predicted molar refractivity (Wildman–Crippen MR) is 100 cm³/mol. The second-order valence-corrected chi connectivity index (χ2v) is 6.05. The first-order valence-electron chi connectivity index (χ1n) is 8.10. The second kappa shape index (κ2) is 6.44. The van der Waals surface area contributed by atoms with Gasteiger partial charge < -0.3 is 4.90 Å². The average Bonchev–Trinajstić information content (AvgIpc) is 3.24. The van der Waals surface area contributed by atoms with Gasteiger partial charge in [0, 0.05) is 31.7 Å². The molecule has 2 aromatic carbocycles. The van der Waals surface area contributed by atoms with Gasteiger partial charge in [-0.1, -0.05) is 12.1 Å². The molecule has 0 aliphatic heterocycles. The summed E-state index contributed by atoms with van der Waals surface area (Å²) in [5.41, 5.74) is 2.90. The largest absolute Gasteiger partial charge is 0.378 e. The molecule has 0 saturated carbocycles. The van der Waals surface area contributed by atoms with Gasteiger partial charge in [0.15, 0.2) is 5.82 Å². The highest BCUT2D eigenvalue weighted by Crippen LogP contribution is 2.22. The molecule has 0 spiro atoms. The highest BCUT2D eigenvalue weighted by molar-refractivity contribution is 5.81. The third-order valence-corrected chi connectivity index (χ3v) is 4.07. The van der Waals surface area contributed by atoms with E-state index in [0.717, 1.165) is 16.9 Å². The van der Waals surface area contributed by atoms with Crippen LogP contribution in [-0.4, -0.2) is 39.5 Å². The molecule has 2 heterocycles. The predicted octanol–water partition coefficient (Wildman–Crippen LogP) is 3.48. The molecule has 0 aliphatic rings. The van der Waals surface area contributed by atoms with Crippen LogP contribution in [0.3, 0.4) is 0 Å². The van der Waals surface area contributed by atoms with Gasteiger partial charge >= 0.3 is 0 Å². The lowest BCUT2D eigenvalue weighted by Crippen LogP contribution is -2.08. The van der Waals surface area contributed by atoms with Crippen molar-refractivity contribution >= 4 is 23.5 Å². The highest BCUT2D eigenvalue weighted by atomic mass is 19.1. The van der Waals surface area contributed by atoms with Crippen LogP contribution >= 0.6 is 0 Å². The maximum atomic E-state index is 13.0. The molecule has 0 saturated heterocycles. The van der Waals surface area contributed by atoms with E-state index in [0.29, 0.717) is 11.6 Å². The Morgan fingerprint density at radius 3 is 2.46 bits per heavy atom. The summed E-state index contributed by atoms with van der Waals surface area (Å²) >= 11 is 0. The number of aromatic nitrogens is 4. The van der Waals surface area contributed by atoms with Crippen molar-refractivity contribution in [2.75, 3.05) is 19.0 Å². The zero-order valence-corrected chi connectivity index (χ0v) is 14.4. The van der Waals surface area contributed by atoms with E-state index in [4.69, 9.17) is 0 Å². The molecule has 0 atom stereocenters. The molecule has 0 bridgehead atoms. The van der Waals surface area contributed by atoms with Gasteiger partial charge in [-0.25, -0.2) is 9.38 Å². The summed E-state index contributed by atoms with van der Waals surface area (Å²) in [6.07, 6.45) is 5.05. The molecule has 4 aromatic rings. The number of fused-ring (bicyclic) bond motifs is 1. The number of aliphatic imine (C=N–C) groups is 1. The van der Waals surface area contributed by atoms with Crippen LogP contribution in [0, 0.1) is 5.82 Å². The molecule has 7 heteroatoms. The van der Waals surface area contributed by atoms with Crippen LogP contribution in [0.5, 0.6) is 0 Å². The fraction of sp³-hybridized carbons (Fsp3) is 0.105. The normalized spacial score (nSPS) is 11.5. The molecule has 0 aliphatic carbocycles. The summed E-state index contributed by atoms with van der Waals surface area (Å²) in [6, 6.07) is 14.3. The molecule has 2 aromatic heterocycles. The fourth-order valence-corrected chi connectivity index (χ4v) is 2.67. The van der Waals surface area contributed by atoms with Gasteiger partial charge in [-0.05, 0) is 42.0 Å². The fourth-order valence-electron chi connectivity index (χ4n) is 2.67. The summed E-state index contributed by atoms with van der Waals surface area (Å²) < 4.78 is 16.6. The Hall–Kier alpha value is -3.48. The number of anilines is 1. The maximum absolute atomic E-state index is 13.0. The van der Waals surface area contributed by atoms with Gasteiger partial charge in [0.2, 0.25) is 5.78 Å². The van der Waals surface area contributed by atoms with Crippen LogP contribution in [0.1, 0.15) is 5.56 Å². The summed E-state index contributed by atoms with van der Waals surface area (Å²) in [5, 5.41) is 4.24. The van der Waals surface area contributed by atoms with Crippen LogP contribution in [-0.2, 0) is 0 Å². The Labute approximate surface area is 149 Å². The van der Waals surface area contributed by atoms with Crippen molar-refractivity contribution in [1.82, 2.24) is 19.2 Å². The lowest BCUT2D eigenvalue weighted by molar-refractivity contribution is 0.628. The highest BCUT2D eigenvalue weighted by Gasteiger charge is 2.11. The minimum absolute atomic E-state index is 0.270. The Kier molecular flexibility index (Phi) is 3.96. The third-order valence-electron chi connectivity index (χ3n) is 4.07. The first-order chi connectivity index (χ1) is 12.6. The first kappa shape index (κ1) is 16.0. The van der Waals surface area contributed by atoms with Crippen molar-refractivity contribution in [3.05, 3.63) is 72.4 Å². The summed E-state index contributed by atoms with van der Waals surface area (Å²) in [6.45, 7) is 0. The van der Waals surface area contributed by atoms with E-state index in [2.05, 4.69) is 15.1 Å². The minimum atomic E-state index is -0.270. The minimum Gasteiger partial charge on any atom is -0.378 e. The molecular formula is C19H17FN6. The van der Waals surface area contributed by atoms with E-state index < -0.39 is 0 Å².